The Labute approximate surface area is 336 Å². The van der Waals surface area contributed by atoms with E-state index in [-0.39, 0.29) is 5.41 Å². The molecule has 0 amide bonds. The van der Waals surface area contributed by atoms with Crippen LogP contribution in [0.1, 0.15) is 38.3 Å². The zero-order valence-electron chi connectivity index (χ0n) is 32.8. The zero-order valence-corrected chi connectivity index (χ0v) is 32.8. The molecular weight excluding hydrogens is 687 g/mol. The number of nitrogens with zero attached hydrogens (tertiary/aromatic N) is 1. The smallest absolute Gasteiger partial charge is 0.0540 e. The van der Waals surface area contributed by atoms with Crippen LogP contribution in [0.25, 0.3) is 60.9 Å². The summed E-state index contributed by atoms with van der Waals surface area (Å²) >= 11 is 0. The number of fused-ring (bicyclic) bond motifs is 3. The Balaban J connectivity index is 1.15. The van der Waals surface area contributed by atoms with E-state index < -0.39 is 0 Å². The van der Waals surface area contributed by atoms with Crippen LogP contribution in [0.5, 0.6) is 0 Å². The molecule has 0 spiro atoms. The van der Waals surface area contributed by atoms with Crippen molar-refractivity contribution in [2.45, 2.75) is 32.6 Å². The van der Waals surface area contributed by atoms with Gasteiger partial charge in [-0.05, 0) is 104 Å². The Kier molecular flexibility index (Phi) is 8.60. The van der Waals surface area contributed by atoms with Crippen LogP contribution in [0.15, 0.2) is 206 Å². The predicted molar refractivity (Wildman–Crippen MR) is 243 cm³/mol. The zero-order chi connectivity index (χ0) is 38.5. The van der Waals surface area contributed by atoms with Crippen molar-refractivity contribution in [3.8, 4) is 44.5 Å². The molecule has 274 valence electrons. The first-order chi connectivity index (χ1) is 27.9. The van der Waals surface area contributed by atoms with Crippen LogP contribution in [-0.4, -0.2) is 0 Å². The number of anilines is 3. The van der Waals surface area contributed by atoms with Crippen molar-refractivity contribution in [1.82, 2.24) is 0 Å². The van der Waals surface area contributed by atoms with Gasteiger partial charge in [-0.3, -0.25) is 0 Å². The van der Waals surface area contributed by atoms with Crippen LogP contribution in [0.2, 0.25) is 0 Å². The Bertz CT molecular complexity index is 2850. The lowest BCUT2D eigenvalue weighted by atomic mass is 9.76. The number of hydrogen-bond acceptors (Lipinski definition) is 1. The molecule has 10 rings (SSSR count). The highest BCUT2D eigenvalue weighted by Crippen LogP contribution is 2.53. The van der Waals surface area contributed by atoms with Gasteiger partial charge in [-0.1, -0.05) is 196 Å². The third kappa shape index (κ3) is 6.12. The molecule has 0 heterocycles. The van der Waals surface area contributed by atoms with Crippen LogP contribution in [-0.2, 0) is 5.41 Å². The van der Waals surface area contributed by atoms with Crippen LogP contribution >= 0.6 is 0 Å². The standard InChI is InChI=1S/C56H45N/c1-38-27-33-50-51-34-32-45(37-53(51)56(2,3)52(50)35-38)57(54-25-11-9-22-48(54)42-30-28-40(29-31-42)39-15-5-4-6-16-39)55-26-12-10-23-49(55)44-20-13-19-43(36-44)47-24-14-18-41-17-7-8-21-46(41)47/h4-34,36-38H,35H2,1-3H3. The first-order valence-electron chi connectivity index (χ1n) is 20.2. The Morgan fingerprint density at radius 3 is 1.81 bits per heavy atom. The van der Waals surface area contributed by atoms with Gasteiger partial charge in [-0.2, -0.15) is 0 Å². The maximum Gasteiger partial charge on any atom is 0.0540 e. The molecule has 57 heavy (non-hydrogen) atoms. The summed E-state index contributed by atoms with van der Waals surface area (Å²) < 4.78 is 0. The monoisotopic (exact) mass is 731 g/mol. The minimum Gasteiger partial charge on any atom is -0.309 e. The average Bonchev–Trinajstić information content (AvgIpc) is 3.48. The van der Waals surface area contributed by atoms with Crippen molar-refractivity contribution < 1.29 is 0 Å². The fraction of sp³-hybridized carbons (Fsp3) is 0.107. The van der Waals surface area contributed by atoms with Gasteiger partial charge in [0, 0.05) is 22.2 Å². The van der Waals surface area contributed by atoms with Gasteiger partial charge in [0.15, 0.2) is 0 Å². The summed E-state index contributed by atoms with van der Waals surface area (Å²) in [6, 6.07) is 69.1. The molecule has 0 radical (unpaired) electrons. The molecule has 0 fully saturated rings. The normalized spacial score (nSPS) is 15.4. The van der Waals surface area contributed by atoms with Gasteiger partial charge >= 0.3 is 0 Å². The summed E-state index contributed by atoms with van der Waals surface area (Å²) in [7, 11) is 0. The quantitative estimate of drug-likeness (QED) is 0.158. The van der Waals surface area contributed by atoms with Crippen molar-refractivity contribution in [3.63, 3.8) is 0 Å². The van der Waals surface area contributed by atoms with E-state index in [0.29, 0.717) is 5.92 Å². The highest BCUT2D eigenvalue weighted by molar-refractivity contribution is 5.99. The van der Waals surface area contributed by atoms with E-state index in [0.717, 1.165) is 23.5 Å². The molecule has 1 atom stereocenters. The largest absolute Gasteiger partial charge is 0.309 e. The third-order valence-electron chi connectivity index (χ3n) is 12.3. The van der Waals surface area contributed by atoms with Crippen molar-refractivity contribution in [2.24, 2.45) is 5.92 Å². The molecule has 0 saturated heterocycles. The molecule has 0 aromatic heterocycles. The van der Waals surface area contributed by atoms with Crippen LogP contribution < -0.4 is 4.90 Å². The Morgan fingerprint density at radius 2 is 1.04 bits per heavy atom. The minimum absolute atomic E-state index is 0.0650. The molecular formula is C56H45N. The molecule has 2 aliphatic carbocycles. The maximum atomic E-state index is 2.51. The summed E-state index contributed by atoms with van der Waals surface area (Å²) in [5, 5.41) is 2.52. The van der Waals surface area contributed by atoms with Gasteiger partial charge < -0.3 is 4.90 Å². The molecule has 0 bridgehead atoms. The topological polar surface area (TPSA) is 3.24 Å². The minimum atomic E-state index is -0.0650. The summed E-state index contributed by atoms with van der Waals surface area (Å²) in [6.07, 6.45) is 5.86. The van der Waals surface area contributed by atoms with Crippen molar-refractivity contribution in [1.29, 1.82) is 0 Å². The second-order valence-electron chi connectivity index (χ2n) is 16.2. The molecule has 0 saturated carbocycles. The average molecular weight is 732 g/mol. The lowest BCUT2D eigenvalue weighted by Crippen LogP contribution is -2.20. The van der Waals surface area contributed by atoms with Gasteiger partial charge in [0.1, 0.15) is 0 Å². The first-order valence-corrected chi connectivity index (χ1v) is 20.2. The number of benzene rings is 8. The van der Waals surface area contributed by atoms with Crippen LogP contribution in [0, 0.1) is 5.92 Å². The number of para-hydroxylation sites is 2. The highest BCUT2D eigenvalue weighted by Gasteiger charge is 2.39. The molecule has 1 unspecified atom stereocenters. The fourth-order valence-corrected chi connectivity index (χ4v) is 9.33. The van der Waals surface area contributed by atoms with Crippen molar-refractivity contribution >= 4 is 33.4 Å². The van der Waals surface area contributed by atoms with Crippen LogP contribution in [0.4, 0.5) is 17.1 Å². The Morgan fingerprint density at radius 1 is 0.474 bits per heavy atom. The van der Waals surface area contributed by atoms with E-state index in [4.69, 9.17) is 0 Å². The summed E-state index contributed by atoms with van der Waals surface area (Å²) in [6.45, 7) is 7.17. The van der Waals surface area contributed by atoms with E-state index >= 15 is 0 Å². The third-order valence-corrected chi connectivity index (χ3v) is 12.3. The van der Waals surface area contributed by atoms with E-state index in [1.54, 1.807) is 5.57 Å². The molecule has 0 N–H and O–H groups in total. The second-order valence-corrected chi connectivity index (χ2v) is 16.2. The molecule has 2 aliphatic rings. The fourth-order valence-electron chi connectivity index (χ4n) is 9.33. The van der Waals surface area contributed by atoms with Gasteiger partial charge in [0.25, 0.3) is 0 Å². The van der Waals surface area contributed by atoms with E-state index in [1.165, 1.54) is 72.0 Å². The van der Waals surface area contributed by atoms with Gasteiger partial charge in [0.2, 0.25) is 0 Å². The van der Waals surface area contributed by atoms with Gasteiger partial charge in [-0.15, -0.1) is 0 Å². The lowest BCUT2D eigenvalue weighted by molar-refractivity contribution is 0.566. The first kappa shape index (κ1) is 34.8. The maximum absolute atomic E-state index is 2.51. The van der Waals surface area contributed by atoms with Crippen molar-refractivity contribution in [2.75, 3.05) is 4.90 Å². The second kappa shape index (κ2) is 14.1. The molecule has 0 aliphatic heterocycles. The number of hydrogen-bond donors (Lipinski definition) is 0. The molecule has 8 aromatic carbocycles. The summed E-state index contributed by atoms with van der Waals surface area (Å²) in [4.78, 5) is 2.51. The Hall–Kier alpha value is -6.70. The number of allylic oxidation sites excluding steroid dienone is 4. The van der Waals surface area contributed by atoms with E-state index in [9.17, 15) is 0 Å². The SMILES string of the molecule is CC1C=CC2=C(C1)C(C)(C)c1cc(N(c3ccccc3-c3ccc(-c4ccccc4)cc3)c3ccccc3-c3cccc(-c4cccc5ccccc45)c3)ccc12. The molecule has 1 nitrogen and oxygen atoms in total. The highest BCUT2D eigenvalue weighted by atomic mass is 15.1. The molecule has 1 heteroatoms. The van der Waals surface area contributed by atoms with Crippen LogP contribution in [0.3, 0.4) is 0 Å². The van der Waals surface area contributed by atoms with Crippen molar-refractivity contribution in [3.05, 3.63) is 217 Å². The van der Waals surface area contributed by atoms with Gasteiger partial charge in [0.05, 0.1) is 11.4 Å². The predicted octanol–water partition coefficient (Wildman–Crippen LogP) is 15.6. The van der Waals surface area contributed by atoms with Gasteiger partial charge in [-0.25, -0.2) is 0 Å². The van der Waals surface area contributed by atoms with E-state index in [1.807, 2.05) is 0 Å². The number of rotatable bonds is 7. The summed E-state index contributed by atoms with van der Waals surface area (Å²) in [5.41, 5.74) is 18.7. The summed E-state index contributed by atoms with van der Waals surface area (Å²) in [5.74, 6) is 0.546. The molecule has 8 aromatic rings. The van der Waals surface area contributed by atoms with E-state index in [2.05, 4.69) is 226 Å². The lowest BCUT2D eigenvalue weighted by Gasteiger charge is -2.32.